The van der Waals surface area contributed by atoms with E-state index in [0.29, 0.717) is 5.92 Å². The van der Waals surface area contributed by atoms with Crippen LogP contribution in [0, 0.1) is 5.92 Å². The maximum Gasteiger partial charge on any atom is 0.359 e. The molecule has 0 fully saturated rings. The van der Waals surface area contributed by atoms with Crippen LogP contribution in [0.15, 0.2) is 11.0 Å². The van der Waals surface area contributed by atoms with Gasteiger partial charge in [-0.2, -0.15) is 0 Å². The molecule has 0 bridgehead atoms. The summed E-state index contributed by atoms with van der Waals surface area (Å²) in [7, 11) is 0. The van der Waals surface area contributed by atoms with Crippen LogP contribution >= 0.6 is 0 Å². The van der Waals surface area contributed by atoms with Crippen molar-refractivity contribution < 1.29 is 9.31 Å². The molecule has 0 aliphatic rings. The molecule has 0 aromatic carbocycles. The van der Waals surface area contributed by atoms with Crippen LogP contribution in [0.1, 0.15) is 13.8 Å². The van der Waals surface area contributed by atoms with E-state index in [2.05, 4.69) is 28.9 Å². The van der Waals surface area contributed by atoms with Crippen LogP contribution in [0.2, 0.25) is 0 Å². The molecule has 1 aromatic heterocycles. The van der Waals surface area contributed by atoms with Crippen molar-refractivity contribution in [3.05, 3.63) is 6.33 Å². The molecule has 0 aliphatic heterocycles. The molecule has 4 heteroatoms. The van der Waals surface area contributed by atoms with Gasteiger partial charge in [0, 0.05) is 0 Å². The second kappa shape index (κ2) is 2.57. The lowest BCUT2D eigenvalue weighted by Crippen LogP contribution is -2.37. The fraction of sp³-hybridized carbons (Fsp3) is 0.800. The first-order valence-electron chi connectivity index (χ1n) is 2.96. The number of nitrogens with zero attached hydrogens (tertiary/aromatic N) is 3. The Morgan fingerprint density at radius 2 is 2.44 bits per heavy atom. The highest BCUT2D eigenvalue weighted by Crippen LogP contribution is 1.87. The molecule has 1 aromatic rings. The van der Waals surface area contributed by atoms with Gasteiger partial charge in [0.05, 0.1) is 0 Å². The van der Waals surface area contributed by atoms with Gasteiger partial charge in [-0.3, -0.25) is 0 Å². The molecule has 9 heavy (non-hydrogen) atoms. The average Bonchev–Trinajstić information content (AvgIpc) is 2.15. The fourth-order valence-electron chi connectivity index (χ4n) is 0.619. The van der Waals surface area contributed by atoms with Crippen molar-refractivity contribution in [2.24, 2.45) is 5.92 Å². The molecule has 0 N–H and O–H groups in total. The highest BCUT2D eigenvalue weighted by Gasteiger charge is 2.04. The summed E-state index contributed by atoms with van der Waals surface area (Å²) in [4.78, 5) is 0. The van der Waals surface area contributed by atoms with E-state index < -0.39 is 0 Å². The van der Waals surface area contributed by atoms with Gasteiger partial charge in [-0.1, -0.05) is 23.2 Å². The van der Waals surface area contributed by atoms with Crippen LogP contribution in [0.3, 0.4) is 0 Å². The van der Waals surface area contributed by atoms with E-state index in [1.807, 2.05) is 0 Å². The number of rotatable bonds is 2. The lowest BCUT2D eigenvalue weighted by Gasteiger charge is -1.93. The third-order valence-electron chi connectivity index (χ3n) is 0.921. The van der Waals surface area contributed by atoms with Gasteiger partial charge < -0.3 is 0 Å². The minimum Gasteiger partial charge on any atom is -0.0983 e. The Labute approximate surface area is 53.4 Å². The van der Waals surface area contributed by atoms with E-state index >= 15 is 0 Å². The second-order valence-corrected chi connectivity index (χ2v) is 2.40. The molecule has 1 heterocycles. The molecular weight excluding hydrogens is 118 g/mol. The molecule has 0 atom stereocenters. The Balaban J connectivity index is 2.48. The first-order valence-corrected chi connectivity index (χ1v) is 2.96. The summed E-state index contributed by atoms with van der Waals surface area (Å²) in [5.74, 6) is 0.585. The number of hydrogen-bond donors (Lipinski definition) is 0. The zero-order valence-corrected chi connectivity index (χ0v) is 5.61. The molecule has 4 nitrogen and oxygen atoms in total. The van der Waals surface area contributed by atoms with Gasteiger partial charge in [0.25, 0.3) is 0 Å². The van der Waals surface area contributed by atoms with E-state index in [4.69, 9.17) is 0 Å². The maximum absolute atomic E-state index is 4.38. The largest absolute Gasteiger partial charge is 0.359 e. The third kappa shape index (κ3) is 1.79. The Morgan fingerprint density at radius 3 is 2.89 bits per heavy atom. The lowest BCUT2D eigenvalue weighted by molar-refractivity contribution is -0.767. The number of hydrogen-bond acceptors (Lipinski definition) is 3. The predicted octanol–water partition coefficient (Wildman–Crippen LogP) is 0.0131. The Bertz CT molecular complexity index is 159. The Morgan fingerprint density at radius 1 is 1.67 bits per heavy atom. The molecule has 0 aliphatic carbocycles. The van der Waals surface area contributed by atoms with Gasteiger partial charge >= 0.3 is 6.33 Å². The highest BCUT2D eigenvalue weighted by atomic mass is 16.6. The predicted molar refractivity (Wildman–Crippen MR) is 29.3 cm³/mol. The van der Waals surface area contributed by atoms with Crippen molar-refractivity contribution in [1.82, 2.24) is 10.4 Å². The monoisotopic (exact) mass is 128 g/mol. The quantitative estimate of drug-likeness (QED) is 0.527. The molecule has 0 spiro atoms. The molecule has 1 rings (SSSR count). The van der Waals surface area contributed by atoms with Gasteiger partial charge in [0.15, 0.2) is 10.4 Å². The average molecular weight is 128 g/mol. The van der Waals surface area contributed by atoms with Crippen LogP contribution in [0.4, 0.5) is 0 Å². The standard InChI is InChI=1S/C5H10N3O/c1-5(2)3-8-4-6-9-7-8/h4-5H,3H2,1-2H3/q+1. The summed E-state index contributed by atoms with van der Waals surface area (Å²) in [6.45, 7) is 5.09. The topological polar surface area (TPSA) is 42.8 Å². The first-order chi connectivity index (χ1) is 4.29. The van der Waals surface area contributed by atoms with Crippen LogP contribution in [0.25, 0.3) is 0 Å². The van der Waals surface area contributed by atoms with Crippen molar-refractivity contribution in [2.75, 3.05) is 0 Å². The Kier molecular flexibility index (Phi) is 1.77. The summed E-state index contributed by atoms with van der Waals surface area (Å²) in [5, 5.41) is 7.04. The summed E-state index contributed by atoms with van der Waals surface area (Å²) in [5.41, 5.74) is 0. The SMILES string of the molecule is CC(C)C[n+]1cnon1. The van der Waals surface area contributed by atoms with Crippen LogP contribution in [0.5, 0.6) is 0 Å². The van der Waals surface area contributed by atoms with E-state index in [1.54, 1.807) is 11.0 Å². The molecule has 0 radical (unpaired) electrons. The highest BCUT2D eigenvalue weighted by molar-refractivity contribution is 4.28. The Hall–Kier alpha value is -0.930. The summed E-state index contributed by atoms with van der Waals surface area (Å²) >= 11 is 0. The van der Waals surface area contributed by atoms with E-state index in [1.165, 1.54) is 0 Å². The molecule has 50 valence electrons. The third-order valence-corrected chi connectivity index (χ3v) is 0.921. The zero-order valence-electron chi connectivity index (χ0n) is 5.61. The maximum atomic E-state index is 4.38. The van der Waals surface area contributed by atoms with Gasteiger partial charge in [-0.15, -0.1) is 0 Å². The molecule has 0 amide bonds. The van der Waals surface area contributed by atoms with E-state index in [0.717, 1.165) is 6.54 Å². The van der Waals surface area contributed by atoms with Gasteiger partial charge in [0.2, 0.25) is 0 Å². The van der Waals surface area contributed by atoms with E-state index in [-0.39, 0.29) is 0 Å². The molecule has 0 saturated carbocycles. The summed E-state index contributed by atoms with van der Waals surface area (Å²) < 4.78 is 6.05. The zero-order chi connectivity index (χ0) is 6.69. The van der Waals surface area contributed by atoms with Gasteiger partial charge in [0.1, 0.15) is 6.54 Å². The molecule has 0 saturated heterocycles. The second-order valence-electron chi connectivity index (χ2n) is 2.40. The van der Waals surface area contributed by atoms with Gasteiger partial charge in [-0.25, -0.2) is 0 Å². The van der Waals surface area contributed by atoms with Crippen LogP contribution < -0.4 is 4.68 Å². The molecule has 0 unspecified atom stereocenters. The van der Waals surface area contributed by atoms with Gasteiger partial charge in [-0.05, 0) is 5.92 Å². The van der Waals surface area contributed by atoms with E-state index in [9.17, 15) is 0 Å². The minimum atomic E-state index is 0.585. The minimum absolute atomic E-state index is 0.585. The normalized spacial score (nSPS) is 10.6. The molecular formula is C5H10N3O+. The lowest BCUT2D eigenvalue weighted by atomic mass is 10.2. The van der Waals surface area contributed by atoms with Crippen molar-refractivity contribution in [3.8, 4) is 0 Å². The van der Waals surface area contributed by atoms with Crippen molar-refractivity contribution >= 4 is 0 Å². The first kappa shape index (κ1) is 6.19. The van der Waals surface area contributed by atoms with Crippen molar-refractivity contribution in [1.29, 1.82) is 0 Å². The van der Waals surface area contributed by atoms with Crippen LogP contribution in [-0.4, -0.2) is 10.4 Å². The smallest absolute Gasteiger partial charge is 0.0983 e. The van der Waals surface area contributed by atoms with Crippen LogP contribution in [-0.2, 0) is 6.54 Å². The summed E-state index contributed by atoms with van der Waals surface area (Å²) in [6.07, 6.45) is 1.57. The number of aromatic nitrogens is 3. The van der Waals surface area contributed by atoms with Crippen molar-refractivity contribution in [3.63, 3.8) is 0 Å². The van der Waals surface area contributed by atoms with Crippen molar-refractivity contribution in [2.45, 2.75) is 20.4 Å². The summed E-state index contributed by atoms with van der Waals surface area (Å²) in [6, 6.07) is 0. The fourth-order valence-corrected chi connectivity index (χ4v) is 0.619.